The lowest BCUT2D eigenvalue weighted by Crippen LogP contribution is -2.15. The van der Waals surface area contributed by atoms with Crippen LogP contribution in [0.4, 0.5) is 0 Å². The first-order valence-electron chi connectivity index (χ1n) is 4.86. The molecule has 3 nitrogen and oxygen atoms in total. The number of benzene rings is 1. The number of carbonyl (C=O) groups is 1. The molecule has 0 aliphatic heterocycles. The van der Waals surface area contributed by atoms with Crippen molar-refractivity contribution in [3.05, 3.63) is 47.5 Å². The van der Waals surface area contributed by atoms with E-state index in [1.54, 1.807) is 6.07 Å². The number of rotatable bonds is 5. The lowest BCUT2D eigenvalue weighted by Gasteiger charge is -2.07. The third-order valence-electron chi connectivity index (χ3n) is 2.23. The zero-order chi connectivity index (χ0) is 11.3. The quantitative estimate of drug-likeness (QED) is 0.562. The second-order valence-electron chi connectivity index (χ2n) is 3.43. The van der Waals surface area contributed by atoms with E-state index in [-0.39, 0.29) is 5.91 Å². The van der Waals surface area contributed by atoms with Gasteiger partial charge in [-0.3, -0.25) is 4.79 Å². The largest absolute Gasteiger partial charge is 0.366 e. The maximum atomic E-state index is 10.9. The topological polar surface area (TPSA) is 55.1 Å². The van der Waals surface area contributed by atoms with Gasteiger partial charge in [0.25, 0.3) is 0 Å². The maximum absolute atomic E-state index is 10.9. The van der Waals surface area contributed by atoms with Crippen LogP contribution in [0.15, 0.2) is 30.9 Å². The van der Waals surface area contributed by atoms with Crippen LogP contribution >= 0.6 is 0 Å². The molecule has 0 aromatic heterocycles. The number of aryl methyl sites for hydroxylation is 1. The minimum absolute atomic E-state index is 0.385. The zero-order valence-corrected chi connectivity index (χ0v) is 8.92. The Morgan fingerprint density at radius 2 is 2.33 bits per heavy atom. The molecule has 1 aromatic carbocycles. The van der Waals surface area contributed by atoms with Crippen LogP contribution in [0, 0.1) is 6.92 Å². The molecule has 3 heteroatoms. The molecule has 1 rings (SSSR count). The van der Waals surface area contributed by atoms with Crippen LogP contribution in [0.2, 0.25) is 0 Å². The number of nitrogens with one attached hydrogen (secondary N) is 1. The van der Waals surface area contributed by atoms with Gasteiger partial charge in [-0.1, -0.05) is 12.1 Å². The van der Waals surface area contributed by atoms with Crippen LogP contribution in [0.1, 0.15) is 21.5 Å². The Labute approximate surface area is 90.0 Å². The van der Waals surface area contributed by atoms with Crippen LogP contribution in [0.25, 0.3) is 0 Å². The lowest BCUT2D eigenvalue weighted by atomic mass is 10.0. The fraction of sp³-hybridized carbons (Fsp3) is 0.250. The van der Waals surface area contributed by atoms with Crippen LogP contribution in [-0.2, 0) is 6.54 Å². The molecule has 0 heterocycles. The molecule has 0 saturated heterocycles. The predicted octanol–water partition coefficient (Wildman–Crippen LogP) is 1.37. The molecule has 0 atom stereocenters. The Bertz CT molecular complexity index is 372. The second-order valence-corrected chi connectivity index (χ2v) is 3.43. The molecule has 0 fully saturated rings. The van der Waals surface area contributed by atoms with Gasteiger partial charge in [-0.05, 0) is 30.2 Å². The number of nitrogens with two attached hydrogens (primary N) is 1. The Kier molecular flexibility index (Phi) is 4.06. The molecule has 0 aliphatic rings. The average Bonchev–Trinajstić information content (AvgIpc) is 2.20. The average molecular weight is 204 g/mol. The molecule has 0 unspecified atom stereocenters. The highest BCUT2D eigenvalue weighted by Gasteiger charge is 2.03. The SMILES string of the molecule is C=CCNCc1ccc(C(N)=O)cc1C. The van der Waals surface area contributed by atoms with Gasteiger partial charge in [0.1, 0.15) is 0 Å². The van der Waals surface area contributed by atoms with Crippen LogP contribution in [0.3, 0.4) is 0 Å². The van der Waals surface area contributed by atoms with Crippen molar-refractivity contribution in [3.8, 4) is 0 Å². The minimum atomic E-state index is -0.385. The van der Waals surface area contributed by atoms with Crippen molar-refractivity contribution in [3.63, 3.8) is 0 Å². The molecule has 0 aliphatic carbocycles. The van der Waals surface area contributed by atoms with Gasteiger partial charge in [0, 0.05) is 18.7 Å². The predicted molar refractivity (Wildman–Crippen MR) is 61.6 cm³/mol. The Morgan fingerprint density at radius 1 is 1.60 bits per heavy atom. The van der Waals surface area contributed by atoms with E-state index < -0.39 is 0 Å². The Hall–Kier alpha value is -1.61. The highest BCUT2D eigenvalue weighted by atomic mass is 16.1. The number of amides is 1. The van der Waals surface area contributed by atoms with Crippen LogP contribution < -0.4 is 11.1 Å². The highest BCUT2D eigenvalue weighted by molar-refractivity contribution is 5.93. The first kappa shape index (κ1) is 11.5. The molecule has 1 amide bonds. The molecule has 80 valence electrons. The molecule has 3 N–H and O–H groups in total. The van der Waals surface area contributed by atoms with Crippen molar-refractivity contribution >= 4 is 5.91 Å². The molecule has 1 aromatic rings. The highest BCUT2D eigenvalue weighted by Crippen LogP contribution is 2.10. The summed E-state index contributed by atoms with van der Waals surface area (Å²) in [5.74, 6) is -0.385. The van der Waals surface area contributed by atoms with Gasteiger partial charge in [0.05, 0.1) is 0 Å². The normalized spacial score (nSPS) is 9.93. The maximum Gasteiger partial charge on any atom is 0.248 e. The van der Waals surface area contributed by atoms with E-state index in [9.17, 15) is 4.79 Å². The van der Waals surface area contributed by atoms with Gasteiger partial charge in [-0.25, -0.2) is 0 Å². The van der Waals surface area contributed by atoms with Crippen molar-refractivity contribution in [2.45, 2.75) is 13.5 Å². The zero-order valence-electron chi connectivity index (χ0n) is 8.92. The summed E-state index contributed by atoms with van der Waals surface area (Å²) in [6.07, 6.45) is 1.81. The molecule has 15 heavy (non-hydrogen) atoms. The minimum Gasteiger partial charge on any atom is -0.366 e. The van der Waals surface area contributed by atoms with Crippen molar-refractivity contribution in [1.29, 1.82) is 0 Å². The first-order chi connectivity index (χ1) is 7.15. The van der Waals surface area contributed by atoms with E-state index in [0.717, 1.165) is 18.7 Å². The van der Waals surface area contributed by atoms with Gasteiger partial charge in [0.15, 0.2) is 0 Å². The van der Waals surface area contributed by atoms with Gasteiger partial charge >= 0.3 is 0 Å². The number of primary amides is 1. The van der Waals surface area contributed by atoms with Crippen LogP contribution in [-0.4, -0.2) is 12.5 Å². The van der Waals surface area contributed by atoms with Gasteiger partial charge < -0.3 is 11.1 Å². The van der Waals surface area contributed by atoms with Crippen LogP contribution in [0.5, 0.6) is 0 Å². The van der Waals surface area contributed by atoms with Gasteiger partial charge in [0.2, 0.25) is 5.91 Å². The van der Waals surface area contributed by atoms with Gasteiger partial charge in [-0.15, -0.1) is 6.58 Å². The first-order valence-corrected chi connectivity index (χ1v) is 4.86. The summed E-state index contributed by atoms with van der Waals surface area (Å²) in [6.45, 7) is 7.15. The van der Waals surface area contributed by atoms with E-state index in [1.165, 1.54) is 5.56 Å². The number of carbonyl (C=O) groups excluding carboxylic acids is 1. The molecule has 0 bridgehead atoms. The van der Waals surface area contributed by atoms with E-state index in [0.29, 0.717) is 5.56 Å². The second kappa shape index (κ2) is 5.32. The molecule has 0 radical (unpaired) electrons. The molecule has 0 saturated carbocycles. The van der Waals surface area contributed by atoms with Gasteiger partial charge in [-0.2, -0.15) is 0 Å². The Morgan fingerprint density at radius 3 is 2.87 bits per heavy atom. The van der Waals surface area contributed by atoms with Crippen molar-refractivity contribution in [1.82, 2.24) is 5.32 Å². The number of hydrogen-bond donors (Lipinski definition) is 2. The summed E-state index contributed by atoms with van der Waals surface area (Å²) >= 11 is 0. The monoisotopic (exact) mass is 204 g/mol. The fourth-order valence-corrected chi connectivity index (χ4v) is 1.36. The third kappa shape index (κ3) is 3.22. The summed E-state index contributed by atoms with van der Waals surface area (Å²) < 4.78 is 0. The third-order valence-corrected chi connectivity index (χ3v) is 2.23. The van der Waals surface area contributed by atoms with E-state index in [2.05, 4.69) is 11.9 Å². The van der Waals surface area contributed by atoms with Crippen molar-refractivity contribution < 1.29 is 4.79 Å². The molecular weight excluding hydrogens is 188 g/mol. The van der Waals surface area contributed by atoms with E-state index >= 15 is 0 Å². The van der Waals surface area contributed by atoms with E-state index in [1.807, 2.05) is 25.1 Å². The smallest absolute Gasteiger partial charge is 0.248 e. The van der Waals surface area contributed by atoms with E-state index in [4.69, 9.17) is 5.73 Å². The van der Waals surface area contributed by atoms with Crippen molar-refractivity contribution in [2.24, 2.45) is 5.73 Å². The lowest BCUT2D eigenvalue weighted by molar-refractivity contribution is 0.1000. The number of hydrogen-bond acceptors (Lipinski definition) is 2. The summed E-state index contributed by atoms with van der Waals surface area (Å²) in [7, 11) is 0. The fourth-order valence-electron chi connectivity index (χ4n) is 1.36. The summed E-state index contributed by atoms with van der Waals surface area (Å²) in [6, 6.07) is 5.49. The summed E-state index contributed by atoms with van der Waals surface area (Å²) in [4.78, 5) is 10.9. The molecular formula is C12H16N2O. The summed E-state index contributed by atoms with van der Waals surface area (Å²) in [5, 5.41) is 3.21. The summed E-state index contributed by atoms with van der Waals surface area (Å²) in [5.41, 5.74) is 7.98. The van der Waals surface area contributed by atoms with Crippen molar-refractivity contribution in [2.75, 3.05) is 6.54 Å². The molecule has 0 spiro atoms. The standard InChI is InChI=1S/C12H16N2O/c1-3-6-14-8-11-5-4-10(12(13)15)7-9(11)2/h3-5,7,14H,1,6,8H2,2H3,(H2,13,15). The Balaban J connectivity index is 2.74.